The number of aryl methyl sites for hydroxylation is 1. The lowest BCUT2D eigenvalue weighted by Crippen LogP contribution is -2.51. The van der Waals surface area contributed by atoms with Gasteiger partial charge in [-0.1, -0.05) is 0 Å². The molecule has 0 aromatic carbocycles. The summed E-state index contributed by atoms with van der Waals surface area (Å²) < 4.78 is 3.94. The molecule has 7 heteroatoms. The zero-order chi connectivity index (χ0) is 16.7. The van der Waals surface area contributed by atoms with E-state index in [1.807, 2.05) is 32.6 Å². The van der Waals surface area contributed by atoms with Crippen molar-refractivity contribution >= 4 is 5.91 Å². The molecular weight excluding hydrogens is 304 g/mol. The summed E-state index contributed by atoms with van der Waals surface area (Å²) in [5, 5.41) is 8.82. The first kappa shape index (κ1) is 15.4. The van der Waals surface area contributed by atoms with Gasteiger partial charge in [0.05, 0.1) is 11.7 Å². The zero-order valence-corrected chi connectivity index (χ0v) is 14.3. The molecule has 0 saturated carbocycles. The molecule has 2 aromatic rings. The number of hydrogen-bond acceptors (Lipinski definition) is 4. The molecule has 1 fully saturated rings. The predicted molar refractivity (Wildman–Crippen MR) is 89.6 cm³/mol. The van der Waals surface area contributed by atoms with Crippen molar-refractivity contribution in [3.63, 3.8) is 0 Å². The zero-order valence-electron chi connectivity index (χ0n) is 14.3. The van der Waals surface area contributed by atoms with Crippen LogP contribution in [0.5, 0.6) is 0 Å². The summed E-state index contributed by atoms with van der Waals surface area (Å²) in [6.07, 6.45) is 4.80. The van der Waals surface area contributed by atoms with Crippen LogP contribution in [0.25, 0.3) is 0 Å². The number of fused-ring (bicyclic) bond motifs is 1. The molecule has 0 bridgehead atoms. The van der Waals surface area contributed by atoms with Gasteiger partial charge in [-0.15, -0.1) is 0 Å². The molecule has 2 aliphatic heterocycles. The highest BCUT2D eigenvalue weighted by Gasteiger charge is 2.34. The Morgan fingerprint density at radius 3 is 2.83 bits per heavy atom. The van der Waals surface area contributed by atoms with Crippen LogP contribution in [0, 0.1) is 0 Å². The number of likely N-dealkylation sites (tertiary alicyclic amines) is 1. The second-order valence-electron chi connectivity index (χ2n) is 7.01. The fourth-order valence-corrected chi connectivity index (χ4v) is 3.48. The van der Waals surface area contributed by atoms with Crippen LogP contribution in [0.3, 0.4) is 0 Å². The standard InChI is InChI=1S/C17H24N6O/c1-13(2)20-6-4-8-23-14(10-20)9-16(19-23)17(24)21-11-15(12-21)22-7-3-5-18-22/h3,5,7,9,13,15H,4,6,8,10-12H2,1-2H3. The maximum absolute atomic E-state index is 12.7. The summed E-state index contributed by atoms with van der Waals surface area (Å²) in [7, 11) is 0. The highest BCUT2D eigenvalue weighted by atomic mass is 16.2. The van der Waals surface area contributed by atoms with Gasteiger partial charge in [0.1, 0.15) is 0 Å². The van der Waals surface area contributed by atoms with Gasteiger partial charge in [-0.05, 0) is 32.4 Å². The Hall–Kier alpha value is -2.15. The average Bonchev–Trinajstić information content (AvgIpc) is 3.11. The maximum Gasteiger partial charge on any atom is 0.274 e. The van der Waals surface area contributed by atoms with Crippen LogP contribution in [-0.2, 0) is 13.1 Å². The van der Waals surface area contributed by atoms with Gasteiger partial charge in [-0.3, -0.25) is 19.1 Å². The van der Waals surface area contributed by atoms with Gasteiger partial charge in [0, 0.05) is 51.2 Å². The van der Waals surface area contributed by atoms with E-state index in [2.05, 4.69) is 28.9 Å². The average molecular weight is 328 g/mol. The minimum Gasteiger partial charge on any atom is -0.333 e. The molecule has 0 atom stereocenters. The molecular formula is C17H24N6O. The van der Waals surface area contributed by atoms with Gasteiger partial charge in [-0.2, -0.15) is 10.2 Å². The molecule has 2 aromatic heterocycles. The summed E-state index contributed by atoms with van der Waals surface area (Å²) in [6, 6.07) is 4.69. The maximum atomic E-state index is 12.7. The Balaban J connectivity index is 1.44. The van der Waals surface area contributed by atoms with Crippen molar-refractivity contribution in [3.05, 3.63) is 35.9 Å². The van der Waals surface area contributed by atoms with Crippen molar-refractivity contribution in [3.8, 4) is 0 Å². The lowest BCUT2D eigenvalue weighted by molar-refractivity contribution is 0.0494. The molecule has 0 spiro atoms. The Labute approximate surface area is 141 Å². The van der Waals surface area contributed by atoms with Gasteiger partial charge in [0.25, 0.3) is 5.91 Å². The van der Waals surface area contributed by atoms with E-state index >= 15 is 0 Å². The van der Waals surface area contributed by atoms with E-state index in [0.717, 1.165) is 31.7 Å². The van der Waals surface area contributed by atoms with Crippen molar-refractivity contribution in [1.82, 2.24) is 29.4 Å². The third-order valence-corrected chi connectivity index (χ3v) is 5.04. The third-order valence-electron chi connectivity index (χ3n) is 5.04. The number of amides is 1. The van der Waals surface area contributed by atoms with Crippen LogP contribution in [0.4, 0.5) is 0 Å². The second kappa shape index (κ2) is 6.05. The number of nitrogens with zero attached hydrogens (tertiary/aromatic N) is 6. The van der Waals surface area contributed by atoms with Crippen molar-refractivity contribution in [2.24, 2.45) is 0 Å². The van der Waals surface area contributed by atoms with Gasteiger partial charge in [0.2, 0.25) is 0 Å². The second-order valence-corrected chi connectivity index (χ2v) is 7.01. The molecule has 0 aliphatic carbocycles. The van der Waals surface area contributed by atoms with Gasteiger partial charge >= 0.3 is 0 Å². The van der Waals surface area contributed by atoms with Crippen LogP contribution >= 0.6 is 0 Å². The highest BCUT2D eigenvalue weighted by Crippen LogP contribution is 2.23. The summed E-state index contributed by atoms with van der Waals surface area (Å²) in [5.41, 5.74) is 1.73. The lowest BCUT2D eigenvalue weighted by atomic mass is 10.1. The van der Waals surface area contributed by atoms with Crippen LogP contribution in [0.2, 0.25) is 0 Å². The van der Waals surface area contributed by atoms with Gasteiger partial charge in [0.15, 0.2) is 5.69 Å². The van der Waals surface area contributed by atoms with Crippen molar-refractivity contribution in [1.29, 1.82) is 0 Å². The molecule has 24 heavy (non-hydrogen) atoms. The normalized spacial score (nSPS) is 19.2. The fourth-order valence-electron chi connectivity index (χ4n) is 3.48. The SMILES string of the molecule is CC(C)N1CCCn2nc(C(=O)N3CC(n4cccn4)C3)cc2C1. The van der Waals surface area contributed by atoms with E-state index in [4.69, 9.17) is 0 Å². The van der Waals surface area contributed by atoms with Gasteiger partial charge in [-0.25, -0.2) is 0 Å². The number of carbonyl (C=O) groups excluding carboxylic acids is 1. The topological polar surface area (TPSA) is 59.2 Å². The molecule has 4 rings (SSSR count). The lowest BCUT2D eigenvalue weighted by Gasteiger charge is -2.38. The molecule has 4 heterocycles. The molecule has 128 valence electrons. The third kappa shape index (κ3) is 2.73. The van der Waals surface area contributed by atoms with E-state index in [0.29, 0.717) is 30.9 Å². The Morgan fingerprint density at radius 2 is 2.12 bits per heavy atom. The molecule has 0 N–H and O–H groups in total. The Kier molecular flexibility index (Phi) is 3.88. The quantitative estimate of drug-likeness (QED) is 0.854. The number of carbonyl (C=O) groups is 1. The van der Waals surface area contributed by atoms with Crippen LogP contribution < -0.4 is 0 Å². The highest BCUT2D eigenvalue weighted by molar-refractivity contribution is 5.93. The molecule has 1 amide bonds. The first-order chi connectivity index (χ1) is 11.6. The van der Waals surface area contributed by atoms with E-state index < -0.39 is 0 Å². The van der Waals surface area contributed by atoms with Crippen LogP contribution in [0.1, 0.15) is 42.5 Å². The minimum absolute atomic E-state index is 0.0371. The summed E-state index contributed by atoms with van der Waals surface area (Å²) in [4.78, 5) is 17.0. The Bertz CT molecular complexity index is 714. The van der Waals surface area contributed by atoms with Crippen LogP contribution in [-0.4, -0.2) is 60.9 Å². The van der Waals surface area contributed by atoms with E-state index in [9.17, 15) is 4.79 Å². The first-order valence-corrected chi connectivity index (χ1v) is 8.71. The van der Waals surface area contributed by atoms with Crippen molar-refractivity contribution in [2.45, 2.75) is 45.4 Å². The van der Waals surface area contributed by atoms with Gasteiger partial charge < -0.3 is 4.90 Å². The first-order valence-electron chi connectivity index (χ1n) is 8.71. The molecule has 7 nitrogen and oxygen atoms in total. The van der Waals surface area contributed by atoms with E-state index in [1.54, 1.807) is 6.20 Å². The molecule has 2 aliphatic rings. The van der Waals surface area contributed by atoms with Crippen LogP contribution in [0.15, 0.2) is 24.5 Å². The molecule has 0 radical (unpaired) electrons. The summed E-state index contributed by atoms with van der Waals surface area (Å²) >= 11 is 0. The smallest absolute Gasteiger partial charge is 0.274 e. The Morgan fingerprint density at radius 1 is 1.29 bits per heavy atom. The molecule has 1 saturated heterocycles. The fraction of sp³-hybridized carbons (Fsp3) is 0.588. The van der Waals surface area contributed by atoms with Crippen molar-refractivity contribution < 1.29 is 4.79 Å². The largest absolute Gasteiger partial charge is 0.333 e. The number of hydrogen-bond donors (Lipinski definition) is 0. The number of rotatable bonds is 3. The predicted octanol–water partition coefficient (Wildman–Crippen LogP) is 1.39. The molecule has 0 unspecified atom stereocenters. The van der Waals surface area contributed by atoms with E-state index in [-0.39, 0.29) is 5.91 Å². The summed E-state index contributed by atoms with van der Waals surface area (Å²) in [5.74, 6) is 0.0371. The van der Waals surface area contributed by atoms with E-state index in [1.165, 1.54) is 0 Å². The summed E-state index contributed by atoms with van der Waals surface area (Å²) in [6.45, 7) is 8.69. The minimum atomic E-state index is 0.0371. The monoisotopic (exact) mass is 328 g/mol. The number of aromatic nitrogens is 4. The van der Waals surface area contributed by atoms with Crippen molar-refractivity contribution in [2.75, 3.05) is 19.6 Å².